The average molecular weight is 153 g/mol. The first kappa shape index (κ1) is 8.54. The van der Waals surface area contributed by atoms with Crippen molar-refractivity contribution in [2.24, 2.45) is 0 Å². The third kappa shape index (κ3) is 3.17. The number of rotatable bonds is 2. The molecule has 0 aromatic carbocycles. The Hall–Kier alpha value is -0.460. The van der Waals surface area contributed by atoms with Gasteiger partial charge in [-0.1, -0.05) is 0 Å². The van der Waals surface area contributed by atoms with Crippen LogP contribution in [0.2, 0.25) is 0 Å². The van der Waals surface area contributed by atoms with E-state index in [1.54, 1.807) is 0 Å². The van der Waals surface area contributed by atoms with Gasteiger partial charge in [0.05, 0.1) is 6.54 Å². The number of likely N-dealkylation sites (N-methyl/N-ethyl adjacent to an activating group) is 1. The lowest BCUT2D eigenvalue weighted by Gasteiger charge is -1.91. The van der Waals surface area contributed by atoms with Gasteiger partial charge in [-0.05, 0) is 7.05 Å². The van der Waals surface area contributed by atoms with Crippen LogP contribution in [-0.2, 0) is 14.9 Å². The quantitative estimate of drug-likeness (QED) is 0.478. The molecule has 0 saturated heterocycles. The van der Waals surface area contributed by atoms with E-state index in [1.165, 1.54) is 7.05 Å². The first-order chi connectivity index (χ1) is 3.98. The molecule has 0 rings (SSSR count). The van der Waals surface area contributed by atoms with E-state index in [1.807, 2.05) is 0 Å². The molecule has 0 heterocycles. The van der Waals surface area contributed by atoms with Crippen LogP contribution >= 0.6 is 0 Å². The standard InChI is InChI=1S/C3H7NO4S/c1-4-2-3(5)9(6,7)8/h4H,2H2,1H3,(H,6,7,8). The van der Waals surface area contributed by atoms with Crippen molar-refractivity contribution in [1.29, 1.82) is 0 Å². The van der Waals surface area contributed by atoms with E-state index >= 15 is 0 Å². The molecule has 6 heteroatoms. The van der Waals surface area contributed by atoms with Crippen LogP contribution in [0.25, 0.3) is 0 Å². The number of carbonyl (C=O) groups excluding carboxylic acids is 1. The van der Waals surface area contributed by atoms with Crippen LogP contribution in [-0.4, -0.2) is 31.7 Å². The van der Waals surface area contributed by atoms with Crippen molar-refractivity contribution in [3.05, 3.63) is 0 Å². The second-order valence-electron chi connectivity index (χ2n) is 1.38. The van der Waals surface area contributed by atoms with Crippen LogP contribution in [0.4, 0.5) is 0 Å². The summed E-state index contributed by atoms with van der Waals surface area (Å²) < 4.78 is 27.8. The highest BCUT2D eigenvalue weighted by Crippen LogP contribution is 1.81. The van der Waals surface area contributed by atoms with E-state index in [9.17, 15) is 13.2 Å². The summed E-state index contributed by atoms with van der Waals surface area (Å²) in [7, 11) is -3.06. The highest BCUT2D eigenvalue weighted by Gasteiger charge is 2.15. The number of nitrogens with one attached hydrogen (secondary N) is 1. The first-order valence-corrected chi connectivity index (χ1v) is 3.57. The van der Waals surface area contributed by atoms with Crippen molar-refractivity contribution in [1.82, 2.24) is 5.32 Å². The molecule has 9 heavy (non-hydrogen) atoms. The van der Waals surface area contributed by atoms with Crippen molar-refractivity contribution in [3.8, 4) is 0 Å². The SMILES string of the molecule is CNCC(=O)S(=O)(=O)O. The highest BCUT2D eigenvalue weighted by molar-refractivity contribution is 8.01. The minimum absolute atomic E-state index is 0.362. The highest BCUT2D eigenvalue weighted by atomic mass is 32.2. The zero-order chi connectivity index (χ0) is 7.49. The third-order valence-corrected chi connectivity index (χ3v) is 1.33. The molecular weight excluding hydrogens is 146 g/mol. The van der Waals surface area contributed by atoms with Crippen LogP contribution in [0, 0.1) is 0 Å². The molecule has 5 nitrogen and oxygen atoms in total. The van der Waals surface area contributed by atoms with Gasteiger partial charge in [0.1, 0.15) is 0 Å². The van der Waals surface area contributed by atoms with Gasteiger partial charge in [0.15, 0.2) is 0 Å². The molecule has 0 radical (unpaired) electrons. The lowest BCUT2D eigenvalue weighted by atomic mass is 10.7. The largest absolute Gasteiger partial charge is 0.330 e. The summed E-state index contributed by atoms with van der Waals surface area (Å²) in [5.41, 5.74) is 0. The number of carbonyl (C=O) groups is 1. The van der Waals surface area contributed by atoms with Gasteiger partial charge < -0.3 is 5.32 Å². The molecule has 0 aromatic heterocycles. The summed E-state index contributed by atoms with van der Waals surface area (Å²) in [5, 5.41) is 1.07. The van der Waals surface area contributed by atoms with E-state index in [4.69, 9.17) is 4.55 Å². The Morgan fingerprint density at radius 3 is 2.22 bits per heavy atom. The zero-order valence-electron chi connectivity index (χ0n) is 4.79. The van der Waals surface area contributed by atoms with Gasteiger partial charge >= 0.3 is 10.1 Å². The number of hydrogen-bond donors (Lipinski definition) is 2. The smallest absolute Gasteiger partial charge is 0.312 e. The summed E-state index contributed by atoms with van der Waals surface area (Å²) in [6, 6.07) is 0. The zero-order valence-corrected chi connectivity index (χ0v) is 5.60. The lowest BCUT2D eigenvalue weighted by molar-refractivity contribution is -0.111. The normalized spacial score (nSPS) is 11.3. The number of hydrogen-bond acceptors (Lipinski definition) is 4. The fourth-order valence-corrected chi connectivity index (χ4v) is 0.562. The summed E-state index contributed by atoms with van der Waals surface area (Å²) in [5.74, 6) is 0. The Morgan fingerprint density at radius 1 is 1.67 bits per heavy atom. The molecule has 0 amide bonds. The van der Waals surface area contributed by atoms with E-state index in [2.05, 4.69) is 5.32 Å². The Bertz CT molecular complexity index is 194. The molecule has 0 unspecified atom stereocenters. The van der Waals surface area contributed by atoms with E-state index in [-0.39, 0.29) is 6.54 Å². The first-order valence-electron chi connectivity index (χ1n) is 2.13. The fraction of sp³-hybridized carbons (Fsp3) is 0.667. The van der Waals surface area contributed by atoms with Gasteiger partial charge in [0, 0.05) is 0 Å². The van der Waals surface area contributed by atoms with Crippen LogP contribution in [0.15, 0.2) is 0 Å². The van der Waals surface area contributed by atoms with Crippen molar-refractivity contribution in [2.45, 2.75) is 0 Å². The van der Waals surface area contributed by atoms with Crippen molar-refractivity contribution < 1.29 is 17.8 Å². The maximum atomic E-state index is 10.2. The molecule has 0 atom stereocenters. The predicted molar refractivity (Wildman–Crippen MR) is 30.5 cm³/mol. The minimum Gasteiger partial charge on any atom is -0.312 e. The Balaban J connectivity index is 4.08. The van der Waals surface area contributed by atoms with Crippen LogP contribution < -0.4 is 5.32 Å². The van der Waals surface area contributed by atoms with E-state index in [0.29, 0.717) is 0 Å². The van der Waals surface area contributed by atoms with Gasteiger partial charge in [0.25, 0.3) is 5.12 Å². The van der Waals surface area contributed by atoms with Gasteiger partial charge in [0.2, 0.25) is 0 Å². The van der Waals surface area contributed by atoms with Crippen LogP contribution in [0.1, 0.15) is 0 Å². The van der Waals surface area contributed by atoms with Gasteiger partial charge in [-0.2, -0.15) is 8.42 Å². The molecule has 2 N–H and O–H groups in total. The molecule has 0 aliphatic carbocycles. The van der Waals surface area contributed by atoms with E-state index < -0.39 is 15.2 Å². The fourth-order valence-electron chi connectivity index (χ4n) is 0.236. The summed E-state index contributed by atoms with van der Waals surface area (Å²) in [4.78, 5) is 10.2. The Kier molecular flexibility index (Phi) is 2.75. The van der Waals surface area contributed by atoms with Crippen LogP contribution in [0.5, 0.6) is 0 Å². The maximum absolute atomic E-state index is 10.2. The van der Waals surface area contributed by atoms with Crippen molar-refractivity contribution in [2.75, 3.05) is 13.6 Å². The second-order valence-corrected chi connectivity index (χ2v) is 2.78. The topological polar surface area (TPSA) is 83.5 Å². The molecule has 0 fully saturated rings. The Morgan fingerprint density at radius 2 is 2.11 bits per heavy atom. The molecular formula is C3H7NO4S. The molecule has 0 aliphatic rings. The maximum Gasteiger partial charge on any atom is 0.330 e. The van der Waals surface area contributed by atoms with Gasteiger partial charge in [-0.25, -0.2) is 0 Å². The lowest BCUT2D eigenvalue weighted by Crippen LogP contribution is -2.25. The van der Waals surface area contributed by atoms with E-state index in [0.717, 1.165) is 0 Å². The third-order valence-electron chi connectivity index (χ3n) is 0.609. The van der Waals surface area contributed by atoms with Crippen molar-refractivity contribution >= 4 is 15.2 Å². The van der Waals surface area contributed by atoms with Gasteiger partial charge in [-0.3, -0.25) is 9.35 Å². The monoisotopic (exact) mass is 153 g/mol. The molecule has 54 valence electrons. The van der Waals surface area contributed by atoms with Crippen LogP contribution in [0.3, 0.4) is 0 Å². The average Bonchev–Trinajstić information content (AvgIpc) is 1.64. The Labute approximate surface area is 52.8 Å². The minimum atomic E-state index is -4.47. The molecule has 0 spiro atoms. The molecule has 0 saturated carbocycles. The summed E-state index contributed by atoms with van der Waals surface area (Å²) in [6.45, 7) is -0.362. The molecule has 0 aliphatic heterocycles. The molecule has 0 aromatic rings. The second kappa shape index (κ2) is 2.90. The van der Waals surface area contributed by atoms with Gasteiger partial charge in [-0.15, -0.1) is 0 Å². The summed E-state index contributed by atoms with van der Waals surface area (Å²) in [6.07, 6.45) is 0. The van der Waals surface area contributed by atoms with Crippen molar-refractivity contribution in [3.63, 3.8) is 0 Å². The predicted octanol–water partition coefficient (Wildman–Crippen LogP) is -1.38. The summed E-state index contributed by atoms with van der Waals surface area (Å²) >= 11 is 0. The molecule has 0 bridgehead atoms.